The fourth-order valence-corrected chi connectivity index (χ4v) is 2.62. The first kappa shape index (κ1) is 18.8. The van der Waals surface area contributed by atoms with E-state index in [0.717, 1.165) is 11.8 Å². The highest BCUT2D eigenvalue weighted by Crippen LogP contribution is 2.22. The number of carboxylic acid groups (broad SMARTS) is 1. The van der Waals surface area contributed by atoms with Crippen LogP contribution in [0.3, 0.4) is 0 Å². The Balaban J connectivity index is 1.89. The van der Waals surface area contributed by atoms with Gasteiger partial charge in [0.25, 0.3) is 0 Å². The first-order chi connectivity index (χ1) is 11.7. The summed E-state index contributed by atoms with van der Waals surface area (Å²) in [5.74, 6) is -1.48. The van der Waals surface area contributed by atoms with Crippen LogP contribution in [-0.2, 0) is 9.59 Å². The van der Waals surface area contributed by atoms with Crippen LogP contribution in [0, 0.1) is 0 Å². The summed E-state index contributed by atoms with van der Waals surface area (Å²) in [6.45, 7) is -1.37. The fourth-order valence-electron chi connectivity index (χ4n) is 1.71. The van der Waals surface area contributed by atoms with Crippen LogP contribution < -0.4 is 10.1 Å². The number of hydrogen-bond donors (Lipinski definition) is 2. The predicted molar refractivity (Wildman–Crippen MR) is 84.8 cm³/mol. The average molecular weight is 375 g/mol. The van der Waals surface area contributed by atoms with Gasteiger partial charge in [-0.2, -0.15) is 18.3 Å². The Morgan fingerprint density at radius 2 is 2.04 bits per heavy atom. The third-order valence-electron chi connectivity index (χ3n) is 2.77. The number of halogens is 3. The molecule has 0 aliphatic carbocycles. The number of carbonyl (C=O) groups excluding carboxylic acids is 1. The lowest BCUT2D eigenvalue weighted by Crippen LogP contribution is -2.26. The Morgan fingerprint density at radius 1 is 1.36 bits per heavy atom. The Hall–Kier alpha value is -2.56. The average Bonchev–Trinajstić information content (AvgIpc) is 2.85. The Bertz CT molecular complexity index is 704. The molecule has 1 heterocycles. The minimum Gasteiger partial charge on any atom is -0.484 e. The molecule has 1 aliphatic heterocycles. The van der Waals surface area contributed by atoms with Crippen LogP contribution in [0.1, 0.15) is 12.0 Å². The number of aliphatic carboxylic acids is 1. The lowest BCUT2D eigenvalue weighted by molar-refractivity contribution is -0.153. The zero-order valence-corrected chi connectivity index (χ0v) is 13.3. The van der Waals surface area contributed by atoms with E-state index in [2.05, 4.69) is 20.3 Å². The van der Waals surface area contributed by atoms with Crippen molar-refractivity contribution in [1.82, 2.24) is 5.32 Å². The Morgan fingerprint density at radius 3 is 2.64 bits per heavy atom. The topological polar surface area (TPSA) is 100 Å². The molecule has 1 aliphatic rings. The van der Waals surface area contributed by atoms with Crippen molar-refractivity contribution in [3.63, 3.8) is 0 Å². The molecule has 1 fully saturated rings. The number of rotatable bonds is 6. The molecule has 11 heteroatoms. The molecule has 1 unspecified atom stereocenters. The molecule has 1 amide bonds. The maximum Gasteiger partial charge on any atom is 0.422 e. The van der Waals surface area contributed by atoms with Gasteiger partial charge in [-0.15, -0.1) is 5.10 Å². The van der Waals surface area contributed by atoms with Gasteiger partial charge in [0.05, 0.1) is 12.6 Å². The number of amidine groups is 1. The van der Waals surface area contributed by atoms with E-state index in [1.54, 1.807) is 0 Å². The quantitative estimate of drug-likeness (QED) is 0.585. The van der Waals surface area contributed by atoms with Crippen LogP contribution in [-0.4, -0.2) is 46.4 Å². The van der Waals surface area contributed by atoms with Crippen molar-refractivity contribution < 1.29 is 32.6 Å². The fraction of sp³-hybridized carbons (Fsp3) is 0.286. The largest absolute Gasteiger partial charge is 0.484 e. The molecule has 0 spiro atoms. The van der Waals surface area contributed by atoms with E-state index < -0.39 is 29.9 Å². The smallest absolute Gasteiger partial charge is 0.422 e. The van der Waals surface area contributed by atoms with Crippen LogP contribution in [0.4, 0.5) is 13.2 Å². The van der Waals surface area contributed by atoms with Gasteiger partial charge in [0.1, 0.15) is 11.0 Å². The van der Waals surface area contributed by atoms with Crippen molar-refractivity contribution in [1.29, 1.82) is 0 Å². The van der Waals surface area contributed by atoms with Gasteiger partial charge in [-0.05, 0) is 29.8 Å². The summed E-state index contributed by atoms with van der Waals surface area (Å²) in [6, 6.07) is 5.69. The van der Waals surface area contributed by atoms with Crippen molar-refractivity contribution in [2.75, 3.05) is 6.61 Å². The number of carbonyl (C=O) groups is 2. The number of hydrogen-bond acceptors (Lipinski definition) is 6. The van der Waals surface area contributed by atoms with Gasteiger partial charge < -0.3 is 15.2 Å². The van der Waals surface area contributed by atoms with Gasteiger partial charge in [0.15, 0.2) is 11.8 Å². The van der Waals surface area contributed by atoms with Crippen LogP contribution >= 0.6 is 11.8 Å². The van der Waals surface area contributed by atoms with Crippen LogP contribution in [0.5, 0.6) is 5.75 Å². The van der Waals surface area contributed by atoms with Crippen molar-refractivity contribution in [3.8, 4) is 5.75 Å². The van der Waals surface area contributed by atoms with Gasteiger partial charge in [0, 0.05) is 0 Å². The highest BCUT2D eigenvalue weighted by atomic mass is 32.2. The second-order valence-corrected chi connectivity index (χ2v) is 6.01. The Kier molecular flexibility index (Phi) is 6.02. The first-order valence-corrected chi connectivity index (χ1v) is 7.71. The summed E-state index contributed by atoms with van der Waals surface area (Å²) in [4.78, 5) is 22.1. The van der Waals surface area contributed by atoms with Crippen molar-refractivity contribution in [2.24, 2.45) is 10.2 Å². The van der Waals surface area contributed by atoms with Gasteiger partial charge >= 0.3 is 12.1 Å². The summed E-state index contributed by atoms with van der Waals surface area (Å²) < 4.78 is 40.7. The molecular weight excluding hydrogens is 363 g/mol. The van der Waals surface area contributed by atoms with E-state index in [4.69, 9.17) is 5.11 Å². The highest BCUT2D eigenvalue weighted by Gasteiger charge is 2.32. The number of amides is 1. The molecule has 2 N–H and O–H groups in total. The van der Waals surface area contributed by atoms with Gasteiger partial charge in [0.2, 0.25) is 5.91 Å². The maximum atomic E-state index is 12.0. The van der Waals surface area contributed by atoms with Gasteiger partial charge in [-0.3, -0.25) is 9.59 Å². The third kappa shape index (κ3) is 6.45. The monoisotopic (exact) mass is 375 g/mol. The molecule has 0 aromatic heterocycles. The molecule has 134 valence electrons. The normalized spacial score (nSPS) is 19.4. The number of ether oxygens (including phenoxy) is 1. The second-order valence-electron chi connectivity index (χ2n) is 4.82. The summed E-state index contributed by atoms with van der Waals surface area (Å²) in [6.07, 6.45) is -3.39. The molecule has 1 saturated heterocycles. The number of nitrogens with one attached hydrogen (secondary N) is 1. The van der Waals surface area contributed by atoms with Gasteiger partial charge in [-0.25, -0.2) is 0 Å². The zero-order chi connectivity index (χ0) is 18.4. The van der Waals surface area contributed by atoms with E-state index >= 15 is 0 Å². The molecule has 0 saturated carbocycles. The lowest BCUT2D eigenvalue weighted by Gasteiger charge is -2.08. The molecule has 1 aromatic carbocycles. The minimum atomic E-state index is -4.40. The predicted octanol–water partition coefficient (Wildman–Crippen LogP) is 2.02. The van der Waals surface area contributed by atoms with Crippen molar-refractivity contribution in [3.05, 3.63) is 29.8 Å². The summed E-state index contributed by atoms with van der Waals surface area (Å²) >= 11 is 0.962. The third-order valence-corrected chi connectivity index (χ3v) is 3.85. The standard InChI is InChI=1S/C14H12F3N3O4S/c15-14(16,17)7-24-9-3-1-8(2-4-9)6-18-20-13-19-12(23)10(25-13)5-11(21)22/h1-4,6,10H,5,7H2,(H,21,22)(H,19,20,23). The lowest BCUT2D eigenvalue weighted by atomic mass is 10.2. The van der Waals surface area contributed by atoms with E-state index in [1.807, 2.05) is 0 Å². The molecular formula is C14H12F3N3O4S. The SMILES string of the molecule is O=C(O)CC1SC(=NN=Cc2ccc(OCC(F)(F)F)cc2)NC1=O. The Labute approximate surface area is 144 Å². The van der Waals surface area contributed by atoms with E-state index in [1.165, 1.54) is 30.5 Å². The number of thioether (sulfide) groups is 1. The summed E-state index contributed by atoms with van der Waals surface area (Å²) in [5.41, 5.74) is 0.556. The van der Waals surface area contributed by atoms with E-state index in [-0.39, 0.29) is 17.3 Å². The zero-order valence-electron chi connectivity index (χ0n) is 12.5. The molecule has 0 bridgehead atoms. The molecule has 0 radical (unpaired) electrons. The van der Waals surface area contributed by atoms with E-state index in [9.17, 15) is 22.8 Å². The van der Waals surface area contributed by atoms with Crippen molar-refractivity contribution in [2.45, 2.75) is 17.8 Å². The summed E-state index contributed by atoms with van der Waals surface area (Å²) in [5, 5.41) is 18.0. The molecule has 1 atom stereocenters. The number of nitrogens with zero attached hydrogens (tertiary/aromatic N) is 2. The minimum absolute atomic E-state index is 0.0657. The number of alkyl halides is 3. The molecule has 2 rings (SSSR count). The highest BCUT2D eigenvalue weighted by molar-refractivity contribution is 8.15. The van der Waals surface area contributed by atoms with Gasteiger partial charge in [-0.1, -0.05) is 11.8 Å². The summed E-state index contributed by atoms with van der Waals surface area (Å²) in [7, 11) is 0. The maximum absolute atomic E-state index is 12.0. The van der Waals surface area contributed by atoms with Crippen LogP contribution in [0.2, 0.25) is 0 Å². The number of benzene rings is 1. The van der Waals surface area contributed by atoms with Crippen molar-refractivity contribution >= 4 is 35.0 Å². The molecule has 1 aromatic rings. The number of carboxylic acids is 1. The molecule has 25 heavy (non-hydrogen) atoms. The van der Waals surface area contributed by atoms with E-state index in [0.29, 0.717) is 5.56 Å². The molecule has 7 nitrogen and oxygen atoms in total. The first-order valence-electron chi connectivity index (χ1n) is 6.83. The van der Waals surface area contributed by atoms with Crippen LogP contribution in [0.25, 0.3) is 0 Å². The van der Waals surface area contributed by atoms with Crippen LogP contribution in [0.15, 0.2) is 34.5 Å². The second kappa shape index (κ2) is 8.01.